The first-order valence-corrected chi connectivity index (χ1v) is 34.3. The Morgan fingerprint density at radius 3 is 1.17 bits per heavy atom. The van der Waals surface area contributed by atoms with Gasteiger partial charge in [-0.3, -0.25) is 9.59 Å². The van der Waals surface area contributed by atoms with E-state index in [-0.39, 0.29) is 132 Å². The van der Waals surface area contributed by atoms with E-state index < -0.39 is 269 Å². The van der Waals surface area contributed by atoms with E-state index in [1.54, 1.807) is 20.8 Å². The third-order valence-corrected chi connectivity index (χ3v) is 20.2. The Morgan fingerprint density at radius 1 is 0.462 bits per heavy atom. The number of rotatable bonds is 26. The SMILES string of the molecule is CC(=O)NC1[C@H](C(C)C)OC(CO)[C@H](O)[C@@H]1O.CC(C)[C@]1(C(=O)[O-])C[C@@H](O)[C@@H](C)C([C@H](O)[C@@H](CO)O[C@]2(C(=O)[O-])C[C@@H](O)[C@@H](C)C([C@H](O)[C@H](O)CO)O2)O1.CC(C)[C@]1(C(=O)[O-])C[C@@H](O)[C@@H](C)C([C@H](O)[C@H](O)CO)O1.CO[C@@H]1C(O)[C@H](O[C@@H]2C(NC(C)=O)[C@H](C(C)C)OC(CO)[C@@H]2O)OC(CO)[C@@H]1O.[Na+].[Na+].[Na+]. The molecule has 41 heteroatoms. The van der Waals surface area contributed by atoms with Crippen LogP contribution in [0.4, 0.5) is 0 Å². The number of hydrogen-bond donors (Lipinski definition) is 21. The van der Waals surface area contributed by atoms with Crippen molar-refractivity contribution in [2.24, 2.45) is 41.4 Å². The van der Waals surface area contributed by atoms with Crippen molar-refractivity contribution >= 4 is 29.7 Å². The van der Waals surface area contributed by atoms with E-state index >= 15 is 0 Å². The number of amides is 2. The van der Waals surface area contributed by atoms with E-state index in [0.717, 1.165) is 0 Å². The Hall–Kier alpha value is -0.770. The molecule has 0 bridgehead atoms. The van der Waals surface area contributed by atoms with Crippen molar-refractivity contribution in [3.63, 3.8) is 0 Å². The molecule has 9 unspecified atom stereocenters. The Labute approximate surface area is 682 Å². The number of carbonyl (C=O) groups excluding carboxylic acids is 5. The van der Waals surface area contributed by atoms with Gasteiger partial charge in [0.05, 0.1) is 112 Å². The number of methoxy groups -OCH3 is 1. The molecule has 0 aromatic carbocycles. The maximum Gasteiger partial charge on any atom is 1.00 e. The fourth-order valence-electron chi connectivity index (χ4n) is 13.5. The van der Waals surface area contributed by atoms with Crippen molar-refractivity contribution < 1.29 is 268 Å². The molecular formula is C65H115N2Na3O36. The molecule has 6 heterocycles. The standard InChI is InChI=1S/C23H40O14.C18H33NO10.C13H24O7.C11H21NO5.3Na/c1-9(2)22(20(31)32)5-12(26)10(3)19(36-22)17(30)15(8-25)35-23(21(33)34)6-13(27)11(4)18(37-23)16(29)14(28)7-24;1-7(2)15-11(19-8(3)22)16(12(23)9(5-20)27-15)29-18-14(25)17(26-4)13(24)10(6-21)28-18;1-6(2)13(12(18)19)4-8(15)7(3)11(20-13)10(17)9(16)5-14;1-5(2)11-8(12-6(3)14)10(16)9(15)7(4-13)17-11;;;/h9-19,24-30H,5-8H2,1-4H3,(H,31,32)(H,33,34);7,9-18,20-21,23-25H,5-6H2,1-4H3,(H,19,22);6-11,14-17H,4-5H2,1-3H3,(H,18,19);5,7-11,13,15-16H,4H2,1-3H3,(H,12,14);;;/q;;;;3*+1/p-3/t10-,11-,12-,13-,14-,15-,16-,17-,18?,19?,22+,23-;9?,10?,11?,12-,13-,14?,15-,16+,17-,18-;7-,8-,9-,10-,11?,13+;7?,8?,9-,10+,11-;;;/m1010.../s1. The van der Waals surface area contributed by atoms with Gasteiger partial charge in [0.15, 0.2) is 6.29 Å². The summed E-state index contributed by atoms with van der Waals surface area (Å²) in [5.41, 5.74) is -3.74. The number of carbonyl (C=O) groups is 5. The number of nitrogens with one attached hydrogen (secondary N) is 2. The smallest absolute Gasteiger partial charge is 0.547 e. The molecule has 6 aliphatic heterocycles. The van der Waals surface area contributed by atoms with Crippen LogP contribution in [0.2, 0.25) is 0 Å². The normalized spacial score (nSPS) is 39.1. The second-order valence-corrected chi connectivity index (χ2v) is 28.7. The third kappa shape index (κ3) is 25.4. The molecule has 0 aromatic heterocycles. The van der Waals surface area contributed by atoms with Gasteiger partial charge in [-0.05, 0) is 23.7 Å². The number of aliphatic hydroxyl groups excluding tert-OH is 19. The maximum atomic E-state index is 12.2. The molecule has 21 N–H and O–H groups in total. The average molecular weight is 1570 g/mol. The van der Waals surface area contributed by atoms with E-state index in [1.165, 1.54) is 48.7 Å². The van der Waals surface area contributed by atoms with Gasteiger partial charge in [-0.25, -0.2) is 0 Å². The Morgan fingerprint density at radius 2 is 0.821 bits per heavy atom. The number of carboxylic acid groups (broad SMARTS) is 3. The molecule has 0 radical (unpaired) electrons. The van der Waals surface area contributed by atoms with Crippen molar-refractivity contribution in [1.82, 2.24) is 10.6 Å². The van der Waals surface area contributed by atoms with Gasteiger partial charge in [-0.1, -0.05) is 76.2 Å². The molecule has 604 valence electrons. The van der Waals surface area contributed by atoms with Gasteiger partial charge in [-0.2, -0.15) is 0 Å². The quantitative estimate of drug-likeness (QED) is 0.0358. The molecule has 33 atom stereocenters. The van der Waals surface area contributed by atoms with Crippen molar-refractivity contribution in [3.8, 4) is 0 Å². The van der Waals surface area contributed by atoms with E-state index in [1.807, 2.05) is 27.7 Å². The van der Waals surface area contributed by atoms with Gasteiger partial charge in [0.25, 0.3) is 0 Å². The van der Waals surface area contributed by atoms with E-state index in [9.17, 15) is 121 Å². The molecule has 0 aromatic rings. The summed E-state index contributed by atoms with van der Waals surface area (Å²) < 4.78 is 49.9. The van der Waals surface area contributed by atoms with Crippen LogP contribution in [0.3, 0.4) is 0 Å². The summed E-state index contributed by atoms with van der Waals surface area (Å²) in [6.45, 7) is 16.8. The maximum absolute atomic E-state index is 12.2. The minimum Gasteiger partial charge on any atom is -0.547 e. The topological polar surface area (TPSA) is 646 Å². The Kier molecular flexibility index (Phi) is 46.4. The van der Waals surface area contributed by atoms with Crippen LogP contribution in [0.25, 0.3) is 0 Å². The molecular weight excluding hydrogens is 1450 g/mol. The van der Waals surface area contributed by atoms with Crippen molar-refractivity contribution in [1.29, 1.82) is 0 Å². The van der Waals surface area contributed by atoms with Gasteiger partial charge in [-0.15, -0.1) is 0 Å². The van der Waals surface area contributed by atoms with Gasteiger partial charge in [0.1, 0.15) is 115 Å². The summed E-state index contributed by atoms with van der Waals surface area (Å²) in [6.07, 6.45) is -33.5. The van der Waals surface area contributed by atoms with Gasteiger partial charge >= 0.3 is 88.7 Å². The first kappa shape index (κ1) is 105. The molecule has 0 spiro atoms. The largest absolute Gasteiger partial charge is 1.00 e. The molecule has 0 saturated carbocycles. The Bertz CT molecular complexity index is 2620. The van der Waals surface area contributed by atoms with Crippen molar-refractivity contribution in [2.45, 2.75) is 291 Å². The second-order valence-electron chi connectivity index (χ2n) is 28.7. The molecule has 6 fully saturated rings. The number of hydrogen-bond acceptors (Lipinski definition) is 36. The van der Waals surface area contributed by atoms with Gasteiger partial charge in [0, 0.05) is 58.0 Å². The monoisotopic (exact) mass is 1570 g/mol. The number of aliphatic carboxylic acids is 3. The third-order valence-electron chi connectivity index (χ3n) is 20.2. The summed E-state index contributed by atoms with van der Waals surface area (Å²) in [4.78, 5) is 58.4. The summed E-state index contributed by atoms with van der Waals surface area (Å²) in [6, 6.07) is -1.47. The first-order chi connectivity index (χ1) is 47.8. The van der Waals surface area contributed by atoms with Crippen LogP contribution in [-0.2, 0) is 66.6 Å². The van der Waals surface area contributed by atoms with Crippen LogP contribution in [0.5, 0.6) is 0 Å². The zero-order chi connectivity index (χ0) is 79.2. The zero-order valence-corrected chi connectivity index (χ0v) is 69.4. The van der Waals surface area contributed by atoms with E-state index in [4.69, 9.17) is 58.0 Å². The minimum absolute atomic E-state index is 0. The molecule has 6 rings (SSSR count). The van der Waals surface area contributed by atoms with E-state index in [2.05, 4.69) is 10.6 Å². The summed E-state index contributed by atoms with van der Waals surface area (Å²) >= 11 is 0. The first-order valence-electron chi connectivity index (χ1n) is 34.3. The van der Waals surface area contributed by atoms with Gasteiger partial charge in [0.2, 0.25) is 17.6 Å². The van der Waals surface area contributed by atoms with Crippen LogP contribution in [-0.4, -0.2) is 355 Å². The molecule has 106 heavy (non-hydrogen) atoms. The fraction of sp³-hybridized carbons (Fsp3) is 0.923. The predicted octanol–water partition coefficient (Wildman–Crippen LogP) is -21.0. The summed E-state index contributed by atoms with van der Waals surface area (Å²) in [7, 11) is 1.29. The van der Waals surface area contributed by atoms with Crippen molar-refractivity contribution in [2.75, 3.05) is 46.8 Å². The van der Waals surface area contributed by atoms with Crippen LogP contribution in [0.1, 0.15) is 109 Å². The summed E-state index contributed by atoms with van der Waals surface area (Å²) in [5, 5.41) is 230. The van der Waals surface area contributed by atoms with Crippen LogP contribution in [0.15, 0.2) is 0 Å². The molecule has 2 amide bonds. The number of aliphatic hydroxyl groups is 19. The number of carboxylic acids is 3. The zero-order valence-electron chi connectivity index (χ0n) is 63.4. The van der Waals surface area contributed by atoms with Crippen molar-refractivity contribution in [3.05, 3.63) is 0 Å². The molecule has 6 saturated heterocycles. The molecule has 6 aliphatic rings. The van der Waals surface area contributed by atoms with E-state index in [0.29, 0.717) is 0 Å². The average Bonchev–Trinajstić information content (AvgIpc) is 0.772. The van der Waals surface area contributed by atoms with Gasteiger partial charge < -0.3 is 180 Å². The molecule has 0 aliphatic carbocycles. The predicted molar refractivity (Wildman–Crippen MR) is 341 cm³/mol. The van der Waals surface area contributed by atoms with Crippen LogP contribution < -0.4 is 115 Å². The van der Waals surface area contributed by atoms with Crippen LogP contribution >= 0.6 is 0 Å². The second kappa shape index (κ2) is 46.7. The minimum atomic E-state index is -2.85. The number of ether oxygens (including phenoxy) is 9. The molecule has 38 nitrogen and oxygen atoms in total. The summed E-state index contributed by atoms with van der Waals surface area (Å²) in [5.74, 6) is -12.3. The fourth-order valence-corrected chi connectivity index (χ4v) is 13.5. The Balaban J connectivity index is 0.00000143. The van der Waals surface area contributed by atoms with Crippen LogP contribution in [0, 0.1) is 41.4 Å².